The number of hydrogen-bond acceptors (Lipinski definition) is 1. The highest BCUT2D eigenvalue weighted by atomic mass is 16.3. The van der Waals surface area contributed by atoms with Crippen LogP contribution in [0.2, 0.25) is 0 Å². The van der Waals surface area contributed by atoms with Crippen LogP contribution in [0.4, 0.5) is 0 Å². The smallest absolute Gasteiger partial charge is 0.0651 e. The molecule has 1 saturated carbocycles. The van der Waals surface area contributed by atoms with Crippen molar-refractivity contribution in [1.82, 2.24) is 0 Å². The Morgan fingerprint density at radius 3 is 2.56 bits per heavy atom. The van der Waals surface area contributed by atoms with Gasteiger partial charge >= 0.3 is 0 Å². The lowest BCUT2D eigenvalue weighted by Crippen LogP contribution is -2.29. The Labute approximate surface area is 100 Å². The van der Waals surface area contributed by atoms with Gasteiger partial charge in [-0.2, -0.15) is 0 Å². The van der Waals surface area contributed by atoms with Crippen molar-refractivity contribution in [3.05, 3.63) is 23.8 Å². The Morgan fingerprint density at radius 2 is 2.12 bits per heavy atom. The predicted molar refractivity (Wildman–Crippen MR) is 70.3 cm³/mol. The van der Waals surface area contributed by atoms with Crippen molar-refractivity contribution in [3.63, 3.8) is 0 Å². The van der Waals surface area contributed by atoms with Crippen LogP contribution in [0.25, 0.3) is 0 Å². The first-order valence-corrected chi connectivity index (χ1v) is 6.38. The molecule has 0 spiro atoms. The lowest BCUT2D eigenvalue weighted by atomic mass is 9.83. The summed E-state index contributed by atoms with van der Waals surface area (Å²) in [5.74, 6) is 0.868. The van der Waals surface area contributed by atoms with Gasteiger partial charge < -0.3 is 5.11 Å². The van der Waals surface area contributed by atoms with Crippen LogP contribution in [0, 0.1) is 11.8 Å². The number of hydrogen-bond donors (Lipinski definition) is 1. The topological polar surface area (TPSA) is 20.2 Å². The van der Waals surface area contributed by atoms with E-state index in [1.165, 1.54) is 11.1 Å². The van der Waals surface area contributed by atoms with Gasteiger partial charge in [-0.05, 0) is 58.3 Å². The molecule has 16 heavy (non-hydrogen) atoms. The molecule has 0 amide bonds. The summed E-state index contributed by atoms with van der Waals surface area (Å²) < 4.78 is 0. The van der Waals surface area contributed by atoms with Crippen LogP contribution < -0.4 is 0 Å². The second-order valence-corrected chi connectivity index (χ2v) is 5.77. The standard InChI is InChI=1S/C15H26O/c1-11(2)7-6-8-12(3)14-9-10-15(5,16)13(14)4/h7,13-14,16H,3,6,8-10H2,1-2,4-5H3/t13-,14-,15+/m0/s1. The fourth-order valence-corrected chi connectivity index (χ4v) is 2.65. The third-order valence-corrected chi connectivity index (χ3v) is 4.09. The molecule has 0 unspecified atom stereocenters. The Hall–Kier alpha value is -0.560. The SMILES string of the molecule is C=C(CCC=C(C)C)[C@@H]1CC[C@@](C)(O)[C@H]1C. The van der Waals surface area contributed by atoms with Crippen molar-refractivity contribution < 1.29 is 5.11 Å². The van der Waals surface area contributed by atoms with Gasteiger partial charge in [0.1, 0.15) is 0 Å². The maximum absolute atomic E-state index is 10.1. The molecule has 0 aromatic carbocycles. The van der Waals surface area contributed by atoms with Gasteiger partial charge in [0.2, 0.25) is 0 Å². The summed E-state index contributed by atoms with van der Waals surface area (Å²) in [5, 5.41) is 10.1. The van der Waals surface area contributed by atoms with Crippen LogP contribution in [-0.2, 0) is 0 Å². The summed E-state index contributed by atoms with van der Waals surface area (Å²) in [5.41, 5.74) is 2.21. The van der Waals surface area contributed by atoms with Crippen LogP contribution >= 0.6 is 0 Å². The molecule has 1 nitrogen and oxygen atoms in total. The Morgan fingerprint density at radius 1 is 1.50 bits per heavy atom. The minimum absolute atomic E-state index is 0.353. The van der Waals surface area contributed by atoms with Crippen molar-refractivity contribution in [2.75, 3.05) is 0 Å². The van der Waals surface area contributed by atoms with E-state index in [1.54, 1.807) is 0 Å². The molecule has 0 aromatic rings. The molecular weight excluding hydrogens is 196 g/mol. The summed E-state index contributed by atoms with van der Waals surface area (Å²) in [6.07, 6.45) is 6.44. The van der Waals surface area contributed by atoms with Gasteiger partial charge in [0.15, 0.2) is 0 Å². The third-order valence-electron chi connectivity index (χ3n) is 4.09. The van der Waals surface area contributed by atoms with Crippen molar-refractivity contribution >= 4 is 0 Å². The zero-order chi connectivity index (χ0) is 12.3. The zero-order valence-electron chi connectivity index (χ0n) is 11.2. The molecule has 0 saturated heterocycles. The third kappa shape index (κ3) is 3.21. The molecular formula is C15H26O. The monoisotopic (exact) mass is 222 g/mol. The highest BCUT2D eigenvalue weighted by Crippen LogP contribution is 2.43. The molecule has 92 valence electrons. The number of aliphatic hydroxyl groups is 1. The second kappa shape index (κ2) is 5.18. The first-order valence-electron chi connectivity index (χ1n) is 6.38. The normalized spacial score (nSPS) is 33.8. The molecule has 1 aliphatic carbocycles. The zero-order valence-corrected chi connectivity index (χ0v) is 11.2. The lowest BCUT2D eigenvalue weighted by molar-refractivity contribution is 0.0214. The Kier molecular flexibility index (Phi) is 4.37. The van der Waals surface area contributed by atoms with Gasteiger partial charge in [0.25, 0.3) is 0 Å². The van der Waals surface area contributed by atoms with Gasteiger partial charge in [0, 0.05) is 0 Å². The highest BCUT2D eigenvalue weighted by molar-refractivity contribution is 5.10. The van der Waals surface area contributed by atoms with Gasteiger partial charge in [-0.1, -0.05) is 30.7 Å². The molecule has 1 rings (SSSR count). The average molecular weight is 222 g/mol. The van der Waals surface area contributed by atoms with Crippen molar-refractivity contribution in [3.8, 4) is 0 Å². The fraction of sp³-hybridized carbons (Fsp3) is 0.733. The molecule has 1 aliphatic rings. The molecule has 1 N–H and O–H groups in total. The molecule has 1 heteroatoms. The first kappa shape index (κ1) is 13.5. The van der Waals surface area contributed by atoms with E-state index in [-0.39, 0.29) is 0 Å². The lowest BCUT2D eigenvalue weighted by Gasteiger charge is -2.26. The number of rotatable bonds is 4. The fourth-order valence-electron chi connectivity index (χ4n) is 2.65. The van der Waals surface area contributed by atoms with Crippen LogP contribution in [0.15, 0.2) is 23.8 Å². The van der Waals surface area contributed by atoms with Gasteiger partial charge in [0.05, 0.1) is 5.60 Å². The molecule has 3 atom stereocenters. The van der Waals surface area contributed by atoms with E-state index in [9.17, 15) is 5.11 Å². The van der Waals surface area contributed by atoms with Crippen LogP contribution in [0.1, 0.15) is 53.4 Å². The van der Waals surface area contributed by atoms with E-state index in [0.717, 1.165) is 25.7 Å². The Bertz CT molecular complexity index is 282. The van der Waals surface area contributed by atoms with Gasteiger partial charge in [-0.25, -0.2) is 0 Å². The Balaban J connectivity index is 2.47. The maximum atomic E-state index is 10.1. The van der Waals surface area contributed by atoms with E-state index < -0.39 is 5.60 Å². The quantitative estimate of drug-likeness (QED) is 0.710. The average Bonchev–Trinajstić information content (AvgIpc) is 2.41. The summed E-state index contributed by atoms with van der Waals surface area (Å²) in [7, 11) is 0. The first-order chi connectivity index (χ1) is 7.34. The summed E-state index contributed by atoms with van der Waals surface area (Å²) in [6.45, 7) is 12.6. The molecule has 1 fully saturated rings. The second-order valence-electron chi connectivity index (χ2n) is 5.77. The number of allylic oxidation sites excluding steroid dienone is 3. The summed E-state index contributed by atoms with van der Waals surface area (Å²) >= 11 is 0. The van der Waals surface area contributed by atoms with Crippen molar-refractivity contribution in [2.45, 2.75) is 59.0 Å². The molecule has 0 aromatic heterocycles. The molecule has 0 radical (unpaired) electrons. The largest absolute Gasteiger partial charge is 0.390 e. The van der Waals surface area contributed by atoms with E-state index in [0.29, 0.717) is 11.8 Å². The minimum Gasteiger partial charge on any atom is -0.390 e. The van der Waals surface area contributed by atoms with Crippen molar-refractivity contribution in [1.29, 1.82) is 0 Å². The van der Waals surface area contributed by atoms with Gasteiger partial charge in [-0.3, -0.25) is 0 Å². The van der Waals surface area contributed by atoms with E-state index >= 15 is 0 Å². The van der Waals surface area contributed by atoms with E-state index in [2.05, 4.69) is 33.4 Å². The molecule has 0 aliphatic heterocycles. The van der Waals surface area contributed by atoms with Crippen LogP contribution in [-0.4, -0.2) is 10.7 Å². The summed E-state index contributed by atoms with van der Waals surface area (Å²) in [4.78, 5) is 0. The maximum Gasteiger partial charge on any atom is 0.0651 e. The highest BCUT2D eigenvalue weighted by Gasteiger charge is 2.41. The van der Waals surface area contributed by atoms with E-state index in [4.69, 9.17) is 0 Å². The van der Waals surface area contributed by atoms with Gasteiger partial charge in [-0.15, -0.1) is 0 Å². The minimum atomic E-state index is -0.482. The van der Waals surface area contributed by atoms with Crippen LogP contribution in [0.3, 0.4) is 0 Å². The molecule has 0 heterocycles. The van der Waals surface area contributed by atoms with E-state index in [1.807, 2.05) is 6.92 Å². The molecule has 0 bridgehead atoms. The van der Waals surface area contributed by atoms with Crippen LogP contribution in [0.5, 0.6) is 0 Å². The van der Waals surface area contributed by atoms with Crippen molar-refractivity contribution in [2.24, 2.45) is 11.8 Å². The summed E-state index contributed by atoms with van der Waals surface area (Å²) in [6, 6.07) is 0. The predicted octanol–water partition coefficient (Wildman–Crippen LogP) is 4.09.